The van der Waals surface area contributed by atoms with Crippen LogP contribution in [0.25, 0.3) is 0 Å². The summed E-state index contributed by atoms with van der Waals surface area (Å²) in [5, 5.41) is 0. The van der Waals surface area contributed by atoms with Gasteiger partial charge >= 0.3 is 0 Å². The third kappa shape index (κ3) is 2.89. The molecule has 0 spiro atoms. The van der Waals surface area contributed by atoms with E-state index in [4.69, 9.17) is 10.5 Å². The summed E-state index contributed by atoms with van der Waals surface area (Å²) in [6, 6.07) is 5.83. The first-order valence-corrected chi connectivity index (χ1v) is 6.98. The van der Waals surface area contributed by atoms with E-state index < -0.39 is 6.10 Å². The van der Waals surface area contributed by atoms with Crippen molar-refractivity contribution >= 4 is 11.6 Å². The number of anilines is 1. The van der Waals surface area contributed by atoms with Gasteiger partial charge in [-0.2, -0.15) is 0 Å². The molecule has 1 aromatic carbocycles. The van der Waals surface area contributed by atoms with Crippen LogP contribution in [0.5, 0.6) is 5.75 Å². The van der Waals surface area contributed by atoms with Gasteiger partial charge in [-0.3, -0.25) is 4.79 Å². The van der Waals surface area contributed by atoms with E-state index in [9.17, 15) is 4.79 Å². The van der Waals surface area contributed by atoms with Gasteiger partial charge in [-0.05, 0) is 31.0 Å². The third-order valence-electron chi connectivity index (χ3n) is 3.45. The molecule has 1 aromatic rings. The van der Waals surface area contributed by atoms with Gasteiger partial charge in [0.25, 0.3) is 5.91 Å². The number of ether oxygens (including phenoxy) is 1. The van der Waals surface area contributed by atoms with E-state index in [1.165, 1.54) is 0 Å². The molecule has 0 aliphatic carbocycles. The third-order valence-corrected chi connectivity index (χ3v) is 3.45. The fraction of sp³-hybridized carbons (Fsp3) is 0.533. The summed E-state index contributed by atoms with van der Waals surface area (Å²) in [7, 11) is 0. The largest absolute Gasteiger partial charge is 0.479 e. The molecule has 19 heavy (non-hydrogen) atoms. The Hall–Kier alpha value is -1.55. The van der Waals surface area contributed by atoms with Crippen LogP contribution in [0, 0.1) is 0 Å². The van der Waals surface area contributed by atoms with E-state index in [2.05, 4.69) is 6.92 Å². The first-order valence-electron chi connectivity index (χ1n) is 6.98. The molecule has 1 amide bonds. The minimum absolute atomic E-state index is 0.0455. The zero-order valence-electron chi connectivity index (χ0n) is 11.7. The quantitative estimate of drug-likeness (QED) is 0.829. The number of rotatable bonds is 5. The van der Waals surface area contributed by atoms with Crippen LogP contribution in [0.4, 0.5) is 5.69 Å². The fourth-order valence-electron chi connectivity index (χ4n) is 2.33. The highest BCUT2D eigenvalue weighted by molar-refractivity contribution is 5.99. The van der Waals surface area contributed by atoms with Crippen LogP contribution in [-0.4, -0.2) is 18.6 Å². The Morgan fingerprint density at radius 2 is 2.16 bits per heavy atom. The molecule has 4 nitrogen and oxygen atoms in total. The lowest BCUT2D eigenvalue weighted by atomic mass is 10.1. The second kappa shape index (κ2) is 6.06. The van der Waals surface area contributed by atoms with Crippen LogP contribution in [0.3, 0.4) is 0 Å². The molecule has 0 saturated heterocycles. The van der Waals surface area contributed by atoms with Gasteiger partial charge in [0.2, 0.25) is 0 Å². The molecular weight excluding hydrogens is 240 g/mol. The van der Waals surface area contributed by atoms with Crippen LogP contribution in [-0.2, 0) is 11.3 Å². The second-order valence-corrected chi connectivity index (χ2v) is 4.96. The molecule has 1 heterocycles. The van der Waals surface area contributed by atoms with Crippen LogP contribution in [0.1, 0.15) is 38.7 Å². The minimum atomic E-state index is -0.415. The molecule has 0 aromatic heterocycles. The topological polar surface area (TPSA) is 55.6 Å². The van der Waals surface area contributed by atoms with Crippen molar-refractivity contribution in [2.45, 2.75) is 45.8 Å². The molecule has 0 fully saturated rings. The summed E-state index contributed by atoms with van der Waals surface area (Å²) < 4.78 is 5.68. The maximum absolute atomic E-state index is 12.2. The van der Waals surface area contributed by atoms with Gasteiger partial charge in [0.1, 0.15) is 5.75 Å². The van der Waals surface area contributed by atoms with Gasteiger partial charge in [0, 0.05) is 13.1 Å². The monoisotopic (exact) mass is 262 g/mol. The Balaban J connectivity index is 2.25. The zero-order valence-corrected chi connectivity index (χ0v) is 11.7. The molecule has 1 unspecified atom stereocenters. The Bertz CT molecular complexity index is 459. The number of nitrogens with zero attached hydrogens (tertiary/aromatic N) is 1. The van der Waals surface area contributed by atoms with E-state index in [0.29, 0.717) is 6.54 Å². The number of hydrogen-bond donors (Lipinski definition) is 1. The highest BCUT2D eigenvalue weighted by Crippen LogP contribution is 2.35. The van der Waals surface area contributed by atoms with Gasteiger partial charge in [-0.15, -0.1) is 0 Å². The normalized spacial score (nSPS) is 18.2. The fourth-order valence-corrected chi connectivity index (χ4v) is 2.33. The summed E-state index contributed by atoms with van der Waals surface area (Å²) >= 11 is 0. The van der Waals surface area contributed by atoms with Crippen molar-refractivity contribution in [3.8, 4) is 5.75 Å². The van der Waals surface area contributed by atoms with Crippen LogP contribution in [0.15, 0.2) is 18.2 Å². The Labute approximate surface area is 114 Å². The van der Waals surface area contributed by atoms with Gasteiger partial charge in [-0.1, -0.05) is 25.8 Å². The van der Waals surface area contributed by atoms with Gasteiger partial charge in [0.15, 0.2) is 6.10 Å². The summed E-state index contributed by atoms with van der Waals surface area (Å²) in [6.07, 6.45) is 2.89. The number of hydrogen-bond acceptors (Lipinski definition) is 3. The number of benzene rings is 1. The molecule has 1 aliphatic rings. The van der Waals surface area contributed by atoms with Crippen molar-refractivity contribution in [1.29, 1.82) is 0 Å². The Kier molecular flexibility index (Phi) is 4.43. The minimum Gasteiger partial charge on any atom is -0.479 e. The lowest BCUT2D eigenvalue weighted by molar-refractivity contribution is -0.125. The maximum Gasteiger partial charge on any atom is 0.267 e. The van der Waals surface area contributed by atoms with E-state index in [1.54, 1.807) is 6.92 Å². The Morgan fingerprint density at radius 1 is 1.37 bits per heavy atom. The zero-order chi connectivity index (χ0) is 13.8. The van der Waals surface area contributed by atoms with Crippen molar-refractivity contribution in [3.05, 3.63) is 23.8 Å². The molecule has 1 atom stereocenters. The van der Waals surface area contributed by atoms with E-state index in [-0.39, 0.29) is 5.91 Å². The first kappa shape index (κ1) is 13.9. The number of amides is 1. The number of carbonyl (C=O) groups excluding carboxylic acids is 1. The lowest BCUT2D eigenvalue weighted by Crippen LogP contribution is -2.44. The van der Waals surface area contributed by atoms with Crippen molar-refractivity contribution in [2.24, 2.45) is 5.73 Å². The molecule has 2 rings (SSSR count). The molecule has 0 radical (unpaired) electrons. The summed E-state index contributed by atoms with van der Waals surface area (Å²) in [5.41, 5.74) is 7.54. The summed E-state index contributed by atoms with van der Waals surface area (Å²) in [4.78, 5) is 14.1. The predicted octanol–water partition coefficient (Wildman–Crippen LogP) is 2.45. The van der Waals surface area contributed by atoms with Crippen molar-refractivity contribution in [2.75, 3.05) is 11.4 Å². The summed E-state index contributed by atoms with van der Waals surface area (Å²) in [6.45, 7) is 5.20. The molecule has 0 bridgehead atoms. The lowest BCUT2D eigenvalue weighted by Gasteiger charge is -2.33. The average molecular weight is 262 g/mol. The maximum atomic E-state index is 12.2. The summed E-state index contributed by atoms with van der Waals surface area (Å²) in [5.74, 6) is 0.815. The smallest absolute Gasteiger partial charge is 0.267 e. The van der Waals surface area contributed by atoms with Crippen molar-refractivity contribution in [3.63, 3.8) is 0 Å². The van der Waals surface area contributed by atoms with E-state index in [0.717, 1.165) is 42.8 Å². The SMILES string of the molecule is CCCCCN1C(=O)C(C)Oc2cc(CN)ccc21. The number of fused-ring (bicyclic) bond motifs is 1. The molecule has 1 aliphatic heterocycles. The average Bonchev–Trinajstić information content (AvgIpc) is 2.42. The predicted molar refractivity (Wildman–Crippen MR) is 76.3 cm³/mol. The highest BCUT2D eigenvalue weighted by atomic mass is 16.5. The highest BCUT2D eigenvalue weighted by Gasteiger charge is 2.30. The molecule has 4 heteroatoms. The molecule has 2 N–H and O–H groups in total. The van der Waals surface area contributed by atoms with Gasteiger partial charge < -0.3 is 15.4 Å². The molecular formula is C15H22N2O2. The first-order chi connectivity index (χ1) is 9.17. The standard InChI is InChI=1S/C15H22N2O2/c1-3-4-5-8-17-13-7-6-12(10-16)9-14(13)19-11(2)15(17)18/h6-7,9,11H,3-5,8,10,16H2,1-2H3. The van der Waals surface area contributed by atoms with Gasteiger partial charge in [-0.25, -0.2) is 0 Å². The number of unbranched alkanes of at least 4 members (excludes halogenated alkanes) is 2. The Morgan fingerprint density at radius 3 is 2.84 bits per heavy atom. The molecule has 104 valence electrons. The van der Waals surface area contributed by atoms with Crippen LogP contribution in [0.2, 0.25) is 0 Å². The van der Waals surface area contributed by atoms with Crippen molar-refractivity contribution < 1.29 is 9.53 Å². The molecule has 0 saturated carbocycles. The number of carbonyl (C=O) groups is 1. The van der Waals surface area contributed by atoms with Gasteiger partial charge in [0.05, 0.1) is 5.69 Å². The van der Waals surface area contributed by atoms with Crippen LogP contribution < -0.4 is 15.4 Å². The van der Waals surface area contributed by atoms with Crippen LogP contribution >= 0.6 is 0 Å². The second-order valence-electron chi connectivity index (χ2n) is 4.96. The van der Waals surface area contributed by atoms with E-state index in [1.807, 2.05) is 23.1 Å². The van der Waals surface area contributed by atoms with Crippen molar-refractivity contribution in [1.82, 2.24) is 0 Å². The number of nitrogens with two attached hydrogens (primary N) is 1. The van der Waals surface area contributed by atoms with E-state index >= 15 is 0 Å².